The van der Waals surface area contributed by atoms with Gasteiger partial charge in [0.2, 0.25) is 10.0 Å². The van der Waals surface area contributed by atoms with Crippen LogP contribution in [0.4, 0.5) is 0 Å². The van der Waals surface area contributed by atoms with Gasteiger partial charge in [-0.15, -0.1) is 0 Å². The maximum atomic E-state index is 11.0. The van der Waals surface area contributed by atoms with E-state index >= 15 is 0 Å². The van der Waals surface area contributed by atoms with Crippen molar-refractivity contribution in [1.82, 2.24) is 0 Å². The van der Waals surface area contributed by atoms with E-state index in [0.29, 0.717) is 5.02 Å². The van der Waals surface area contributed by atoms with Crippen molar-refractivity contribution in [3.05, 3.63) is 34.3 Å². The number of hydrogen-bond donors (Lipinski definition) is 1. The van der Waals surface area contributed by atoms with Gasteiger partial charge in [-0.2, -0.15) is 0 Å². The van der Waals surface area contributed by atoms with E-state index in [4.69, 9.17) is 16.7 Å². The average molecular weight is 246 g/mol. The first kappa shape index (κ1) is 10.9. The molecule has 0 saturated heterocycles. The lowest BCUT2D eigenvalue weighted by Gasteiger charge is -2.09. The number of fused-ring (bicyclic) bond motifs is 1. The van der Waals surface area contributed by atoms with E-state index in [0.717, 1.165) is 24.0 Å². The van der Waals surface area contributed by atoms with Crippen LogP contribution < -0.4 is 5.14 Å². The minimum atomic E-state index is -3.39. The number of benzene rings is 1. The van der Waals surface area contributed by atoms with Gasteiger partial charge in [-0.25, -0.2) is 13.6 Å². The third-order valence-electron chi connectivity index (χ3n) is 2.74. The minimum absolute atomic E-state index is 0.0294. The Morgan fingerprint density at radius 3 is 2.87 bits per heavy atom. The molecule has 2 N–H and O–H groups in total. The summed E-state index contributed by atoms with van der Waals surface area (Å²) in [5.41, 5.74) is 2.23. The second-order valence-electron chi connectivity index (χ2n) is 3.91. The van der Waals surface area contributed by atoms with E-state index in [1.807, 2.05) is 12.1 Å². The normalized spacial score (nSPS) is 20.3. The van der Waals surface area contributed by atoms with Gasteiger partial charge in [0.15, 0.2) is 0 Å². The lowest BCUT2D eigenvalue weighted by Crippen LogP contribution is -2.20. The van der Waals surface area contributed by atoms with Gasteiger partial charge >= 0.3 is 0 Å². The molecule has 1 aromatic rings. The van der Waals surface area contributed by atoms with Crippen LogP contribution in [-0.2, 0) is 16.4 Å². The Kier molecular flexibility index (Phi) is 2.75. The Bertz CT molecular complexity index is 484. The van der Waals surface area contributed by atoms with Crippen LogP contribution in [0.2, 0.25) is 5.02 Å². The summed E-state index contributed by atoms with van der Waals surface area (Å²) in [6, 6.07) is 5.60. The van der Waals surface area contributed by atoms with Crippen LogP contribution in [0.3, 0.4) is 0 Å². The predicted octanol–water partition coefficient (Wildman–Crippen LogP) is 1.66. The van der Waals surface area contributed by atoms with Gasteiger partial charge in [0.25, 0.3) is 0 Å². The highest BCUT2D eigenvalue weighted by Gasteiger charge is 2.25. The fraction of sp³-hybridized carbons (Fsp3) is 0.400. The first-order valence-corrected chi connectivity index (χ1v) is 6.84. The van der Waals surface area contributed by atoms with Crippen molar-refractivity contribution in [2.75, 3.05) is 5.75 Å². The van der Waals surface area contributed by atoms with Gasteiger partial charge in [-0.3, -0.25) is 0 Å². The molecule has 0 fully saturated rings. The molecule has 1 aliphatic rings. The SMILES string of the molecule is NS(=O)(=O)CC1CCc2cc(Cl)ccc21. The van der Waals surface area contributed by atoms with Crippen molar-refractivity contribution in [1.29, 1.82) is 0 Å². The highest BCUT2D eigenvalue weighted by atomic mass is 35.5. The molecule has 1 atom stereocenters. The Morgan fingerprint density at radius 2 is 2.20 bits per heavy atom. The lowest BCUT2D eigenvalue weighted by atomic mass is 10.0. The number of hydrogen-bond acceptors (Lipinski definition) is 2. The van der Waals surface area contributed by atoms with Crippen LogP contribution in [-0.4, -0.2) is 14.2 Å². The predicted molar refractivity (Wildman–Crippen MR) is 60.5 cm³/mol. The van der Waals surface area contributed by atoms with Gasteiger partial charge in [0.05, 0.1) is 5.75 Å². The Balaban J connectivity index is 2.29. The zero-order valence-corrected chi connectivity index (χ0v) is 9.68. The third-order valence-corrected chi connectivity index (χ3v) is 3.84. The maximum absolute atomic E-state index is 11.0. The molecule has 0 spiro atoms. The maximum Gasteiger partial charge on any atom is 0.209 e. The van der Waals surface area contributed by atoms with Crippen LogP contribution in [0.15, 0.2) is 18.2 Å². The van der Waals surface area contributed by atoms with Gasteiger partial charge < -0.3 is 0 Å². The summed E-state index contributed by atoms with van der Waals surface area (Å²) in [6.07, 6.45) is 1.72. The largest absolute Gasteiger partial charge is 0.229 e. The van der Waals surface area contributed by atoms with E-state index in [2.05, 4.69) is 0 Å². The fourth-order valence-corrected chi connectivity index (χ4v) is 3.23. The summed E-state index contributed by atoms with van der Waals surface area (Å²) in [7, 11) is -3.39. The highest BCUT2D eigenvalue weighted by molar-refractivity contribution is 7.89. The number of primary sulfonamides is 1. The molecule has 15 heavy (non-hydrogen) atoms. The summed E-state index contributed by atoms with van der Waals surface area (Å²) in [5.74, 6) is 0.0639. The smallest absolute Gasteiger partial charge is 0.209 e. The van der Waals surface area contributed by atoms with Crippen molar-refractivity contribution in [2.45, 2.75) is 18.8 Å². The molecule has 5 heteroatoms. The highest BCUT2D eigenvalue weighted by Crippen LogP contribution is 2.35. The van der Waals surface area contributed by atoms with E-state index in [-0.39, 0.29) is 11.7 Å². The molecule has 0 bridgehead atoms. The number of sulfonamides is 1. The van der Waals surface area contributed by atoms with Gasteiger partial charge in [-0.1, -0.05) is 17.7 Å². The summed E-state index contributed by atoms with van der Waals surface area (Å²) in [4.78, 5) is 0. The molecule has 2 rings (SSSR count). The van der Waals surface area contributed by atoms with Crippen LogP contribution in [0.25, 0.3) is 0 Å². The number of rotatable bonds is 2. The molecule has 1 unspecified atom stereocenters. The minimum Gasteiger partial charge on any atom is -0.229 e. The zero-order chi connectivity index (χ0) is 11.1. The fourth-order valence-electron chi connectivity index (χ4n) is 2.13. The molecule has 1 aliphatic carbocycles. The summed E-state index contributed by atoms with van der Waals surface area (Å²) in [5, 5.41) is 5.75. The molecule has 0 radical (unpaired) electrons. The third kappa shape index (κ3) is 2.51. The lowest BCUT2D eigenvalue weighted by molar-refractivity contribution is 0.588. The molecular weight excluding hydrogens is 234 g/mol. The van der Waals surface area contributed by atoms with E-state index in [1.165, 1.54) is 0 Å². The first-order valence-electron chi connectivity index (χ1n) is 4.74. The molecule has 0 heterocycles. The number of nitrogens with two attached hydrogens (primary N) is 1. The van der Waals surface area contributed by atoms with E-state index < -0.39 is 10.0 Å². The van der Waals surface area contributed by atoms with Gasteiger partial charge in [-0.05, 0) is 42.0 Å². The van der Waals surface area contributed by atoms with Gasteiger partial charge in [0, 0.05) is 5.02 Å². The van der Waals surface area contributed by atoms with Crippen LogP contribution in [0.1, 0.15) is 23.5 Å². The van der Waals surface area contributed by atoms with Crippen molar-refractivity contribution < 1.29 is 8.42 Å². The molecule has 0 aliphatic heterocycles. The van der Waals surface area contributed by atoms with Crippen molar-refractivity contribution >= 4 is 21.6 Å². The molecule has 1 aromatic carbocycles. The Hall–Kier alpha value is -0.580. The van der Waals surface area contributed by atoms with E-state index in [9.17, 15) is 8.42 Å². The quantitative estimate of drug-likeness (QED) is 0.862. The van der Waals surface area contributed by atoms with Crippen molar-refractivity contribution in [3.63, 3.8) is 0 Å². The second kappa shape index (κ2) is 3.77. The summed E-state index contributed by atoms with van der Waals surface area (Å²) < 4.78 is 22.0. The molecule has 82 valence electrons. The first-order chi connectivity index (χ1) is 6.96. The molecule has 0 amide bonds. The molecular formula is C10H12ClNO2S. The standard InChI is InChI=1S/C10H12ClNO2S/c11-9-3-4-10-7(5-9)1-2-8(10)6-15(12,13)14/h3-5,8H,1-2,6H2,(H2,12,13,14). The summed E-state index contributed by atoms with van der Waals surface area (Å²) in [6.45, 7) is 0. The molecule has 0 aromatic heterocycles. The Labute approximate surface area is 94.3 Å². The number of halogens is 1. The van der Waals surface area contributed by atoms with Crippen molar-refractivity contribution in [3.8, 4) is 0 Å². The van der Waals surface area contributed by atoms with E-state index in [1.54, 1.807) is 6.07 Å². The van der Waals surface area contributed by atoms with Crippen LogP contribution in [0.5, 0.6) is 0 Å². The topological polar surface area (TPSA) is 60.2 Å². The summed E-state index contributed by atoms with van der Waals surface area (Å²) >= 11 is 5.86. The van der Waals surface area contributed by atoms with Crippen LogP contribution >= 0.6 is 11.6 Å². The average Bonchev–Trinajstić information content (AvgIpc) is 2.45. The monoisotopic (exact) mass is 245 g/mol. The van der Waals surface area contributed by atoms with Crippen LogP contribution in [0, 0.1) is 0 Å². The zero-order valence-electron chi connectivity index (χ0n) is 8.11. The van der Waals surface area contributed by atoms with Gasteiger partial charge in [0.1, 0.15) is 0 Å². The molecule has 0 saturated carbocycles. The van der Waals surface area contributed by atoms with Crippen molar-refractivity contribution in [2.24, 2.45) is 5.14 Å². The number of aryl methyl sites for hydroxylation is 1. The molecule has 3 nitrogen and oxygen atoms in total. The second-order valence-corrected chi connectivity index (χ2v) is 6.00. The Morgan fingerprint density at radius 1 is 1.47 bits per heavy atom.